The zero-order valence-electron chi connectivity index (χ0n) is 4.42. The highest BCUT2D eigenvalue weighted by molar-refractivity contribution is 7.96. The molecule has 1 unspecified atom stereocenters. The molecule has 1 atom stereocenters. The quantitative estimate of drug-likeness (QED) is 0.396. The summed E-state index contributed by atoms with van der Waals surface area (Å²) >= 11 is 3.39. The van der Waals surface area contributed by atoms with Crippen LogP contribution >= 0.6 is 12.6 Å². The smallest absolute Gasteiger partial charge is 0.228 e. The van der Waals surface area contributed by atoms with E-state index in [1.807, 2.05) is 0 Å². The molecule has 46 valence electrons. The zero-order chi connectivity index (χ0) is 6.73. The van der Waals surface area contributed by atoms with Crippen LogP contribution in [0.15, 0.2) is 0 Å². The highest BCUT2D eigenvalue weighted by Gasteiger charge is 2.13. The molecule has 0 heterocycles. The summed E-state index contributed by atoms with van der Waals surface area (Å²) in [4.78, 5) is 20.2. The average molecular weight is 133 g/mol. The lowest BCUT2D eigenvalue weighted by Crippen LogP contribution is -2.24. The van der Waals surface area contributed by atoms with E-state index in [0.29, 0.717) is 0 Å². The molecule has 2 N–H and O–H groups in total. The number of amides is 1. The van der Waals surface area contributed by atoms with Gasteiger partial charge in [0.05, 0.1) is 0 Å². The van der Waals surface area contributed by atoms with Crippen LogP contribution in [-0.2, 0) is 9.59 Å². The van der Waals surface area contributed by atoms with Crippen molar-refractivity contribution in [3.05, 3.63) is 0 Å². The van der Waals surface area contributed by atoms with E-state index in [0.717, 1.165) is 0 Å². The van der Waals surface area contributed by atoms with Crippen LogP contribution in [0.4, 0.5) is 0 Å². The van der Waals surface area contributed by atoms with Crippen molar-refractivity contribution in [1.29, 1.82) is 0 Å². The second-order valence-electron chi connectivity index (χ2n) is 1.46. The Morgan fingerprint density at radius 2 is 2.00 bits per heavy atom. The number of primary amides is 1. The van der Waals surface area contributed by atoms with Gasteiger partial charge >= 0.3 is 0 Å². The van der Waals surface area contributed by atoms with Crippen molar-refractivity contribution in [2.75, 3.05) is 0 Å². The topological polar surface area (TPSA) is 60.2 Å². The minimum absolute atomic E-state index is 0.488. The number of nitrogens with two attached hydrogens (primary N) is 1. The van der Waals surface area contributed by atoms with Crippen LogP contribution in [0.25, 0.3) is 0 Å². The van der Waals surface area contributed by atoms with Crippen molar-refractivity contribution in [3.8, 4) is 0 Å². The van der Waals surface area contributed by atoms with E-state index in [2.05, 4.69) is 12.6 Å². The molecule has 0 saturated carbocycles. The summed E-state index contributed by atoms with van der Waals surface area (Å²) in [6.45, 7) is 1.41. The molecular formula is C4H7NO2S. The summed E-state index contributed by atoms with van der Waals surface area (Å²) in [6, 6.07) is 0. The molecular weight excluding hydrogens is 126 g/mol. The first-order valence-corrected chi connectivity index (χ1v) is 2.52. The molecule has 0 aliphatic rings. The summed E-state index contributed by atoms with van der Waals surface area (Å²) in [5.74, 6) is -1.40. The van der Waals surface area contributed by atoms with Crippen LogP contribution in [0.5, 0.6) is 0 Å². The fourth-order valence-electron chi connectivity index (χ4n) is 0.122. The number of carbonyl (C=O) groups is 2. The van der Waals surface area contributed by atoms with Crippen LogP contribution in [-0.4, -0.2) is 11.0 Å². The van der Waals surface area contributed by atoms with Gasteiger partial charge in [-0.2, -0.15) is 0 Å². The van der Waals surface area contributed by atoms with Gasteiger partial charge < -0.3 is 5.73 Å². The summed E-state index contributed by atoms with van der Waals surface area (Å²) in [5, 5.41) is -0.488. The summed E-state index contributed by atoms with van der Waals surface area (Å²) in [7, 11) is 0. The average Bonchev–Trinajstić information content (AvgIpc) is 1.64. The SMILES string of the molecule is CC(C(N)=O)C(=O)S. The van der Waals surface area contributed by atoms with Crippen molar-refractivity contribution >= 4 is 23.7 Å². The molecule has 0 aromatic carbocycles. The van der Waals surface area contributed by atoms with Gasteiger partial charge in [0.25, 0.3) is 0 Å². The lowest BCUT2D eigenvalue weighted by Gasteiger charge is -1.96. The largest absolute Gasteiger partial charge is 0.369 e. The molecule has 0 spiro atoms. The fraction of sp³-hybridized carbons (Fsp3) is 0.500. The van der Waals surface area contributed by atoms with E-state index in [4.69, 9.17) is 5.73 Å². The minimum Gasteiger partial charge on any atom is -0.369 e. The number of rotatable bonds is 2. The lowest BCUT2D eigenvalue weighted by molar-refractivity contribution is -0.127. The van der Waals surface area contributed by atoms with Crippen LogP contribution in [0.3, 0.4) is 0 Å². The number of hydrogen-bond donors (Lipinski definition) is 2. The predicted molar refractivity (Wildman–Crippen MR) is 32.4 cm³/mol. The van der Waals surface area contributed by atoms with E-state index in [1.165, 1.54) is 6.92 Å². The minimum atomic E-state index is -0.765. The second kappa shape index (κ2) is 2.71. The summed E-state index contributed by atoms with van der Waals surface area (Å²) in [6.07, 6.45) is 0. The van der Waals surface area contributed by atoms with Gasteiger partial charge in [-0.25, -0.2) is 0 Å². The van der Waals surface area contributed by atoms with Crippen molar-refractivity contribution in [1.82, 2.24) is 0 Å². The molecule has 4 heteroatoms. The van der Waals surface area contributed by atoms with Crippen LogP contribution < -0.4 is 5.73 Å². The van der Waals surface area contributed by atoms with Gasteiger partial charge in [0.2, 0.25) is 5.91 Å². The first-order valence-electron chi connectivity index (χ1n) is 2.08. The van der Waals surface area contributed by atoms with Gasteiger partial charge in [-0.05, 0) is 6.92 Å². The highest BCUT2D eigenvalue weighted by Crippen LogP contribution is 1.96. The monoisotopic (exact) mass is 133 g/mol. The Morgan fingerprint density at radius 1 is 1.62 bits per heavy atom. The Hall–Kier alpha value is -0.510. The van der Waals surface area contributed by atoms with Crippen molar-refractivity contribution < 1.29 is 9.59 Å². The maximum absolute atomic E-state index is 10.1. The maximum Gasteiger partial charge on any atom is 0.228 e. The Labute approximate surface area is 52.7 Å². The number of thiol groups is 1. The predicted octanol–water partition coefficient (Wildman–Crippen LogP) is -0.436. The third-order valence-electron chi connectivity index (χ3n) is 0.797. The molecule has 0 aliphatic heterocycles. The second-order valence-corrected chi connectivity index (χ2v) is 1.90. The molecule has 1 amide bonds. The molecule has 0 aromatic heterocycles. The van der Waals surface area contributed by atoms with E-state index < -0.39 is 16.9 Å². The molecule has 0 bridgehead atoms. The third-order valence-corrected chi connectivity index (χ3v) is 1.18. The summed E-state index contributed by atoms with van der Waals surface area (Å²) < 4.78 is 0. The Balaban J connectivity index is 3.83. The maximum atomic E-state index is 10.1. The summed E-state index contributed by atoms with van der Waals surface area (Å²) in [5.41, 5.74) is 4.73. The molecule has 8 heavy (non-hydrogen) atoms. The van der Waals surface area contributed by atoms with Crippen LogP contribution in [0, 0.1) is 5.92 Å². The Bertz CT molecular complexity index is 109. The third kappa shape index (κ3) is 1.97. The van der Waals surface area contributed by atoms with Gasteiger partial charge in [-0.1, -0.05) is 0 Å². The molecule has 0 radical (unpaired) electrons. The first kappa shape index (κ1) is 7.49. The van der Waals surface area contributed by atoms with E-state index in [-0.39, 0.29) is 0 Å². The van der Waals surface area contributed by atoms with Crippen LogP contribution in [0.2, 0.25) is 0 Å². The van der Waals surface area contributed by atoms with Gasteiger partial charge in [0, 0.05) is 0 Å². The number of hydrogen-bond acceptors (Lipinski definition) is 2. The van der Waals surface area contributed by atoms with E-state index >= 15 is 0 Å². The fourth-order valence-corrected chi connectivity index (χ4v) is 0.249. The molecule has 0 aromatic rings. The van der Waals surface area contributed by atoms with Gasteiger partial charge in [0.15, 0.2) is 5.12 Å². The van der Waals surface area contributed by atoms with Crippen molar-refractivity contribution in [2.45, 2.75) is 6.92 Å². The number of carbonyl (C=O) groups excluding carboxylic acids is 2. The van der Waals surface area contributed by atoms with Gasteiger partial charge in [-0.15, -0.1) is 12.6 Å². The normalized spacial score (nSPS) is 12.8. The van der Waals surface area contributed by atoms with Crippen LogP contribution in [0.1, 0.15) is 6.92 Å². The van der Waals surface area contributed by atoms with E-state index in [1.54, 1.807) is 0 Å². The zero-order valence-corrected chi connectivity index (χ0v) is 5.31. The molecule has 3 nitrogen and oxygen atoms in total. The van der Waals surface area contributed by atoms with Gasteiger partial charge in [-0.3, -0.25) is 9.59 Å². The Morgan fingerprint density at radius 3 is 2.00 bits per heavy atom. The standard InChI is InChI=1S/C4H7NO2S/c1-2(3(5)6)4(7)8/h2H,1H3,(H2,5,6)(H,7,8). The molecule has 0 saturated heterocycles. The Kier molecular flexibility index (Phi) is 2.54. The lowest BCUT2D eigenvalue weighted by atomic mass is 10.2. The molecule has 0 aliphatic carbocycles. The van der Waals surface area contributed by atoms with E-state index in [9.17, 15) is 9.59 Å². The highest BCUT2D eigenvalue weighted by atomic mass is 32.1. The van der Waals surface area contributed by atoms with Crippen molar-refractivity contribution in [2.24, 2.45) is 11.7 Å². The molecule has 0 rings (SSSR count). The van der Waals surface area contributed by atoms with Gasteiger partial charge in [0.1, 0.15) is 5.92 Å². The first-order chi connectivity index (χ1) is 3.55. The van der Waals surface area contributed by atoms with Crippen molar-refractivity contribution in [3.63, 3.8) is 0 Å². The molecule has 0 fully saturated rings.